The summed E-state index contributed by atoms with van der Waals surface area (Å²) in [5, 5.41) is 9.26. The lowest BCUT2D eigenvalue weighted by molar-refractivity contribution is 0.737. The van der Waals surface area contributed by atoms with Gasteiger partial charge in [0.1, 0.15) is 0 Å². The molecule has 0 bridgehead atoms. The van der Waals surface area contributed by atoms with E-state index in [0.717, 1.165) is 5.69 Å². The Morgan fingerprint density at radius 1 is 1.10 bits per heavy atom. The molecule has 0 fully saturated rings. The molecule has 0 saturated carbocycles. The Kier molecular flexibility index (Phi) is 5.15. The minimum Gasteiger partial charge on any atom is -0.355 e. The monoisotopic (exact) mass is 304 g/mol. The second kappa shape index (κ2) is 6.86. The summed E-state index contributed by atoms with van der Waals surface area (Å²) < 4.78 is 0. The molecule has 2 N–H and O–H groups in total. The summed E-state index contributed by atoms with van der Waals surface area (Å²) in [5.74, 6) is 0.549. The Balaban J connectivity index is 1.91. The Morgan fingerprint density at radius 2 is 1.80 bits per heavy atom. The summed E-state index contributed by atoms with van der Waals surface area (Å²) in [4.78, 5) is 1.28. The van der Waals surface area contributed by atoms with Crippen LogP contribution in [0.3, 0.4) is 0 Å². The molecule has 20 heavy (non-hydrogen) atoms. The highest BCUT2D eigenvalue weighted by atomic mass is 32.1. The van der Waals surface area contributed by atoms with Crippen molar-refractivity contribution in [1.82, 2.24) is 5.32 Å². The van der Waals surface area contributed by atoms with E-state index < -0.39 is 0 Å². The van der Waals surface area contributed by atoms with Gasteiger partial charge in [-0.25, -0.2) is 0 Å². The van der Waals surface area contributed by atoms with Crippen LogP contribution >= 0.6 is 23.6 Å². The van der Waals surface area contributed by atoms with Crippen molar-refractivity contribution in [2.75, 3.05) is 5.32 Å². The van der Waals surface area contributed by atoms with Gasteiger partial charge in [0.15, 0.2) is 5.11 Å². The predicted molar refractivity (Wildman–Crippen MR) is 92.6 cm³/mol. The van der Waals surface area contributed by atoms with Gasteiger partial charge in [0.2, 0.25) is 0 Å². The van der Waals surface area contributed by atoms with E-state index in [1.807, 2.05) is 0 Å². The van der Waals surface area contributed by atoms with Crippen LogP contribution in [0.5, 0.6) is 0 Å². The van der Waals surface area contributed by atoms with Crippen molar-refractivity contribution in [3.05, 3.63) is 52.2 Å². The fourth-order valence-electron chi connectivity index (χ4n) is 1.92. The second-order valence-corrected chi connectivity index (χ2v) is 6.50. The molecule has 1 heterocycles. The third-order valence-corrected chi connectivity index (χ3v) is 4.43. The van der Waals surface area contributed by atoms with Crippen LogP contribution in [0.25, 0.3) is 0 Å². The maximum atomic E-state index is 5.35. The van der Waals surface area contributed by atoms with Crippen molar-refractivity contribution >= 4 is 34.4 Å². The Labute approximate surface area is 130 Å². The quantitative estimate of drug-likeness (QED) is 0.784. The second-order valence-electron chi connectivity index (χ2n) is 5.11. The number of rotatable bonds is 4. The molecule has 2 rings (SSSR count). The van der Waals surface area contributed by atoms with E-state index in [-0.39, 0.29) is 6.04 Å². The molecule has 106 valence electrons. The largest absolute Gasteiger partial charge is 0.355 e. The van der Waals surface area contributed by atoms with E-state index in [9.17, 15) is 0 Å². The van der Waals surface area contributed by atoms with E-state index in [1.165, 1.54) is 10.4 Å². The van der Waals surface area contributed by atoms with E-state index >= 15 is 0 Å². The number of benzene rings is 1. The third-order valence-electron chi connectivity index (χ3n) is 3.15. The average Bonchev–Trinajstić information content (AvgIpc) is 2.93. The van der Waals surface area contributed by atoms with Gasteiger partial charge in [0, 0.05) is 10.6 Å². The Bertz CT molecular complexity index is 544. The molecule has 2 aromatic rings. The zero-order valence-electron chi connectivity index (χ0n) is 12.0. The van der Waals surface area contributed by atoms with Crippen LogP contribution in [-0.2, 0) is 0 Å². The van der Waals surface area contributed by atoms with Crippen LogP contribution in [0.15, 0.2) is 41.8 Å². The zero-order chi connectivity index (χ0) is 14.5. The zero-order valence-corrected chi connectivity index (χ0v) is 13.6. The molecule has 1 aromatic carbocycles. The molecule has 4 heteroatoms. The van der Waals surface area contributed by atoms with E-state index in [2.05, 4.69) is 73.2 Å². The first-order chi connectivity index (χ1) is 9.56. The molecule has 1 aromatic heterocycles. The van der Waals surface area contributed by atoms with Gasteiger partial charge >= 0.3 is 0 Å². The smallest absolute Gasteiger partial charge is 0.171 e. The number of thiocarbonyl (C=S) groups is 1. The van der Waals surface area contributed by atoms with E-state index in [1.54, 1.807) is 11.3 Å². The molecule has 0 spiro atoms. The molecule has 0 aliphatic heterocycles. The summed E-state index contributed by atoms with van der Waals surface area (Å²) in [5.41, 5.74) is 2.35. The van der Waals surface area contributed by atoms with Gasteiger partial charge in [-0.15, -0.1) is 11.3 Å². The van der Waals surface area contributed by atoms with Gasteiger partial charge in [-0.3, -0.25) is 0 Å². The lowest BCUT2D eigenvalue weighted by Crippen LogP contribution is -2.30. The van der Waals surface area contributed by atoms with E-state index in [4.69, 9.17) is 12.2 Å². The number of nitrogens with one attached hydrogen (secondary N) is 2. The van der Waals surface area contributed by atoms with Crippen LogP contribution in [0.1, 0.15) is 43.2 Å². The standard InChI is InChI=1S/C16H20N2S2/c1-11(2)13-6-8-14(9-7-13)18-16(19)17-12(3)15-5-4-10-20-15/h4-12H,1-3H3,(H2,17,18,19)/t12-/m0/s1. The fourth-order valence-corrected chi connectivity index (χ4v) is 2.95. The first-order valence-electron chi connectivity index (χ1n) is 6.77. The van der Waals surface area contributed by atoms with Crippen LogP contribution in [0.4, 0.5) is 5.69 Å². The average molecular weight is 304 g/mol. The summed E-state index contributed by atoms with van der Waals surface area (Å²) in [6, 6.07) is 12.8. The van der Waals surface area contributed by atoms with Crippen molar-refractivity contribution in [3.63, 3.8) is 0 Å². The SMILES string of the molecule is CC(C)c1ccc(NC(=S)N[C@@H](C)c2cccs2)cc1. The highest BCUT2D eigenvalue weighted by molar-refractivity contribution is 7.80. The van der Waals surface area contributed by atoms with Gasteiger partial charge in [-0.05, 0) is 54.2 Å². The summed E-state index contributed by atoms with van der Waals surface area (Å²) >= 11 is 7.09. The first-order valence-corrected chi connectivity index (χ1v) is 8.06. The van der Waals surface area contributed by atoms with Crippen LogP contribution < -0.4 is 10.6 Å². The highest BCUT2D eigenvalue weighted by Gasteiger charge is 2.08. The number of anilines is 1. The molecule has 1 atom stereocenters. The van der Waals surface area contributed by atoms with Gasteiger partial charge < -0.3 is 10.6 Å². The minimum absolute atomic E-state index is 0.227. The highest BCUT2D eigenvalue weighted by Crippen LogP contribution is 2.19. The molecular formula is C16H20N2S2. The lowest BCUT2D eigenvalue weighted by atomic mass is 10.0. The van der Waals surface area contributed by atoms with Crippen molar-refractivity contribution in [2.45, 2.75) is 32.7 Å². The molecule has 0 radical (unpaired) electrons. The van der Waals surface area contributed by atoms with Crippen molar-refractivity contribution in [2.24, 2.45) is 0 Å². The summed E-state index contributed by atoms with van der Waals surface area (Å²) in [6.45, 7) is 6.50. The molecule has 0 amide bonds. The molecule has 0 unspecified atom stereocenters. The summed E-state index contributed by atoms with van der Waals surface area (Å²) in [6.07, 6.45) is 0. The summed E-state index contributed by atoms with van der Waals surface area (Å²) in [7, 11) is 0. The van der Waals surface area contributed by atoms with E-state index in [0.29, 0.717) is 11.0 Å². The number of thiophene rings is 1. The van der Waals surface area contributed by atoms with Crippen molar-refractivity contribution in [1.29, 1.82) is 0 Å². The maximum absolute atomic E-state index is 5.35. The third kappa shape index (κ3) is 4.05. The Morgan fingerprint density at radius 3 is 2.35 bits per heavy atom. The minimum atomic E-state index is 0.227. The molecule has 2 nitrogen and oxygen atoms in total. The van der Waals surface area contributed by atoms with Crippen molar-refractivity contribution in [3.8, 4) is 0 Å². The normalized spacial score (nSPS) is 12.2. The van der Waals surface area contributed by atoms with Crippen LogP contribution in [0.2, 0.25) is 0 Å². The lowest BCUT2D eigenvalue weighted by Gasteiger charge is -2.16. The number of hydrogen-bond acceptors (Lipinski definition) is 2. The van der Waals surface area contributed by atoms with Gasteiger partial charge in [0.25, 0.3) is 0 Å². The molecular weight excluding hydrogens is 284 g/mol. The molecule has 0 aliphatic rings. The first kappa shape index (κ1) is 15.0. The van der Waals surface area contributed by atoms with Crippen LogP contribution in [-0.4, -0.2) is 5.11 Å². The van der Waals surface area contributed by atoms with Crippen LogP contribution in [0, 0.1) is 0 Å². The van der Waals surface area contributed by atoms with Crippen molar-refractivity contribution < 1.29 is 0 Å². The topological polar surface area (TPSA) is 24.1 Å². The fraction of sp³-hybridized carbons (Fsp3) is 0.312. The molecule has 0 saturated heterocycles. The maximum Gasteiger partial charge on any atom is 0.171 e. The van der Waals surface area contributed by atoms with Gasteiger partial charge in [-0.2, -0.15) is 0 Å². The van der Waals surface area contributed by atoms with Gasteiger partial charge in [0.05, 0.1) is 6.04 Å². The molecule has 0 aliphatic carbocycles. The number of hydrogen-bond donors (Lipinski definition) is 2. The predicted octanol–water partition coefficient (Wildman–Crippen LogP) is 4.92. The van der Waals surface area contributed by atoms with Gasteiger partial charge in [-0.1, -0.05) is 32.0 Å². The Hall–Kier alpha value is -1.39.